The molecule has 1 aliphatic heterocycles. The van der Waals surface area contributed by atoms with Crippen LogP contribution in [0.2, 0.25) is 0 Å². The van der Waals surface area contributed by atoms with Crippen LogP contribution in [-0.2, 0) is 14.8 Å². The molecule has 3 N–H and O–H groups in total. The largest absolute Gasteiger partial charge is 0.353 e. The number of amides is 1. The number of likely N-dealkylation sites (N-methyl/N-ethyl adjacent to an activating group) is 1. The van der Waals surface area contributed by atoms with Crippen molar-refractivity contribution in [1.82, 2.24) is 10.2 Å². The third-order valence-electron chi connectivity index (χ3n) is 2.82. The van der Waals surface area contributed by atoms with Gasteiger partial charge >= 0.3 is 0 Å². The van der Waals surface area contributed by atoms with E-state index in [0.717, 1.165) is 0 Å². The van der Waals surface area contributed by atoms with E-state index in [1.165, 1.54) is 11.0 Å². The summed E-state index contributed by atoms with van der Waals surface area (Å²) in [7, 11) is -2.03. The number of nitrogens with two attached hydrogens (primary N) is 1. The van der Waals surface area contributed by atoms with E-state index in [1.54, 1.807) is 25.2 Å². The summed E-state index contributed by atoms with van der Waals surface area (Å²) >= 11 is 0. The lowest BCUT2D eigenvalue weighted by Gasteiger charge is -2.18. The maximum Gasteiger partial charge on any atom is 0.285 e. The Hall–Kier alpha value is -1.93. The van der Waals surface area contributed by atoms with Crippen LogP contribution >= 0.6 is 0 Å². The van der Waals surface area contributed by atoms with Gasteiger partial charge in [0, 0.05) is 25.7 Å². The number of hydrogen-bond donors (Lipinski definition) is 2. The second-order valence-corrected chi connectivity index (χ2v) is 5.95. The minimum absolute atomic E-state index is 0.0166. The summed E-state index contributed by atoms with van der Waals surface area (Å²) in [4.78, 5) is 13.3. The highest BCUT2D eigenvalue weighted by Crippen LogP contribution is 2.26. The molecule has 1 aliphatic rings. The number of hydrogen-bond acceptors (Lipinski definition) is 5. The summed E-state index contributed by atoms with van der Waals surface area (Å²) in [6.45, 7) is 0.754. The van der Waals surface area contributed by atoms with Crippen molar-refractivity contribution in [3.8, 4) is 0 Å². The second kappa shape index (κ2) is 5.59. The van der Waals surface area contributed by atoms with E-state index < -0.39 is 10.0 Å². The first kappa shape index (κ1) is 14.5. The van der Waals surface area contributed by atoms with E-state index in [2.05, 4.69) is 9.71 Å². The number of nitrogens with one attached hydrogen (secondary N) is 1. The van der Waals surface area contributed by atoms with Gasteiger partial charge in [-0.05, 0) is 12.1 Å². The molecule has 0 fully saturated rings. The average molecular weight is 296 g/mol. The molecule has 1 heterocycles. The van der Waals surface area contributed by atoms with Crippen LogP contribution in [0.3, 0.4) is 0 Å². The number of fused-ring (bicyclic) bond motifs is 1. The summed E-state index contributed by atoms with van der Waals surface area (Å²) in [5.41, 5.74) is 5.81. The van der Waals surface area contributed by atoms with E-state index in [4.69, 9.17) is 5.73 Å². The van der Waals surface area contributed by atoms with Crippen LogP contribution in [0.1, 0.15) is 5.56 Å². The first-order chi connectivity index (χ1) is 9.45. The third-order valence-corrected chi connectivity index (χ3v) is 4.15. The molecule has 20 heavy (non-hydrogen) atoms. The predicted molar refractivity (Wildman–Crippen MR) is 74.9 cm³/mol. The molecule has 0 unspecified atom stereocenters. The van der Waals surface area contributed by atoms with Gasteiger partial charge in [-0.25, -0.2) is 0 Å². The zero-order chi connectivity index (χ0) is 14.8. The number of sulfonamides is 1. The summed E-state index contributed by atoms with van der Waals surface area (Å²) in [5.74, 6) is 0.0472. The minimum Gasteiger partial charge on any atom is -0.353 e. The van der Waals surface area contributed by atoms with Gasteiger partial charge in [0.05, 0.1) is 6.54 Å². The SMILES string of the molecule is CN(CC(=O)NCCN)C1=NS(=O)(=O)c2ccccc21. The second-order valence-electron chi connectivity index (χ2n) is 4.38. The lowest BCUT2D eigenvalue weighted by Crippen LogP contribution is -2.39. The normalized spacial score (nSPS) is 15.4. The van der Waals surface area contributed by atoms with E-state index in [1.807, 2.05) is 0 Å². The lowest BCUT2D eigenvalue weighted by atomic mass is 10.2. The smallest absolute Gasteiger partial charge is 0.285 e. The molecule has 1 amide bonds. The van der Waals surface area contributed by atoms with Crippen LogP contribution < -0.4 is 11.1 Å². The fourth-order valence-electron chi connectivity index (χ4n) is 1.92. The van der Waals surface area contributed by atoms with Crippen molar-refractivity contribution >= 4 is 21.8 Å². The van der Waals surface area contributed by atoms with Crippen LogP contribution in [0.15, 0.2) is 33.6 Å². The lowest BCUT2D eigenvalue weighted by molar-refractivity contribution is -0.121. The molecule has 0 atom stereocenters. The van der Waals surface area contributed by atoms with Crippen LogP contribution in [0.5, 0.6) is 0 Å². The van der Waals surface area contributed by atoms with Gasteiger partial charge in [0.25, 0.3) is 10.0 Å². The van der Waals surface area contributed by atoms with Gasteiger partial charge in [-0.15, -0.1) is 4.40 Å². The standard InChI is InChI=1S/C12H16N4O3S/c1-16(8-11(17)14-7-6-13)12-9-4-2-3-5-10(9)20(18,19)15-12/h2-5H,6-8,13H2,1H3,(H,14,17). The molecule has 0 radical (unpaired) electrons. The highest BCUT2D eigenvalue weighted by molar-refractivity contribution is 7.90. The van der Waals surface area contributed by atoms with Crippen LogP contribution in [-0.4, -0.2) is 51.7 Å². The van der Waals surface area contributed by atoms with Crippen molar-refractivity contribution in [2.75, 3.05) is 26.7 Å². The van der Waals surface area contributed by atoms with Crippen molar-refractivity contribution in [2.45, 2.75) is 4.90 Å². The number of nitrogens with zero attached hydrogens (tertiary/aromatic N) is 2. The van der Waals surface area contributed by atoms with Crippen molar-refractivity contribution in [2.24, 2.45) is 10.1 Å². The predicted octanol–water partition coefficient (Wildman–Crippen LogP) is -0.858. The number of carbonyl (C=O) groups excluding carboxylic acids is 1. The topological polar surface area (TPSA) is 105 Å². The Morgan fingerprint density at radius 1 is 1.40 bits per heavy atom. The van der Waals surface area contributed by atoms with Gasteiger partial charge < -0.3 is 16.0 Å². The van der Waals surface area contributed by atoms with Gasteiger partial charge in [0.2, 0.25) is 5.91 Å². The molecule has 0 saturated carbocycles. The Morgan fingerprint density at radius 3 is 2.80 bits per heavy atom. The number of benzene rings is 1. The summed E-state index contributed by atoms with van der Waals surface area (Å²) in [6, 6.07) is 6.55. The molecular weight excluding hydrogens is 280 g/mol. The monoisotopic (exact) mass is 296 g/mol. The van der Waals surface area contributed by atoms with Gasteiger partial charge in [-0.1, -0.05) is 12.1 Å². The van der Waals surface area contributed by atoms with E-state index in [9.17, 15) is 13.2 Å². The summed E-state index contributed by atoms with van der Waals surface area (Å²) < 4.78 is 27.5. The molecule has 108 valence electrons. The Labute approximate surface area is 117 Å². The first-order valence-electron chi connectivity index (χ1n) is 6.08. The Bertz CT molecular complexity index is 654. The Kier molecular flexibility index (Phi) is 4.05. The molecule has 1 aromatic carbocycles. The molecule has 0 aliphatic carbocycles. The quantitative estimate of drug-likeness (QED) is 0.752. The molecule has 8 heteroatoms. The molecular formula is C12H16N4O3S. The molecule has 1 aromatic rings. The van der Waals surface area contributed by atoms with Gasteiger partial charge in [0.15, 0.2) is 5.84 Å². The van der Waals surface area contributed by atoms with Crippen molar-refractivity contribution < 1.29 is 13.2 Å². The average Bonchev–Trinajstić information content (AvgIpc) is 2.69. The first-order valence-corrected chi connectivity index (χ1v) is 7.52. The molecule has 0 saturated heterocycles. The molecule has 2 rings (SSSR count). The van der Waals surface area contributed by atoms with Crippen LogP contribution in [0, 0.1) is 0 Å². The van der Waals surface area contributed by atoms with E-state index in [0.29, 0.717) is 18.7 Å². The third kappa shape index (κ3) is 2.81. The van der Waals surface area contributed by atoms with E-state index >= 15 is 0 Å². The number of rotatable bonds is 4. The van der Waals surface area contributed by atoms with Crippen molar-refractivity contribution in [3.63, 3.8) is 0 Å². The fourth-order valence-corrected chi connectivity index (χ4v) is 3.17. The summed E-state index contributed by atoms with van der Waals surface area (Å²) in [5, 5.41) is 2.62. The van der Waals surface area contributed by atoms with Crippen LogP contribution in [0.4, 0.5) is 0 Å². The van der Waals surface area contributed by atoms with Gasteiger partial charge in [-0.2, -0.15) is 8.42 Å². The maximum atomic E-state index is 11.9. The maximum absolute atomic E-state index is 11.9. The molecule has 0 spiro atoms. The van der Waals surface area contributed by atoms with Gasteiger partial charge in [0.1, 0.15) is 4.90 Å². The number of carbonyl (C=O) groups is 1. The summed E-state index contributed by atoms with van der Waals surface area (Å²) in [6.07, 6.45) is 0. The molecule has 7 nitrogen and oxygen atoms in total. The fraction of sp³-hybridized carbons (Fsp3) is 0.333. The zero-order valence-electron chi connectivity index (χ0n) is 11.0. The van der Waals surface area contributed by atoms with E-state index in [-0.39, 0.29) is 23.2 Å². The molecule has 0 aromatic heterocycles. The highest BCUT2D eigenvalue weighted by atomic mass is 32.2. The highest BCUT2D eigenvalue weighted by Gasteiger charge is 2.30. The Balaban J connectivity index is 2.20. The number of amidine groups is 1. The van der Waals surface area contributed by atoms with Crippen molar-refractivity contribution in [3.05, 3.63) is 29.8 Å². The minimum atomic E-state index is -3.66. The zero-order valence-corrected chi connectivity index (χ0v) is 11.9. The molecule has 0 bridgehead atoms. The van der Waals surface area contributed by atoms with Crippen LogP contribution in [0.25, 0.3) is 0 Å². The van der Waals surface area contributed by atoms with Crippen molar-refractivity contribution in [1.29, 1.82) is 0 Å². The Morgan fingerprint density at radius 2 is 2.10 bits per heavy atom. The van der Waals surface area contributed by atoms with Gasteiger partial charge in [-0.3, -0.25) is 4.79 Å².